The molecule has 0 aromatic heterocycles. The van der Waals surface area contributed by atoms with Crippen molar-refractivity contribution in [1.82, 2.24) is 0 Å². The smallest absolute Gasteiger partial charge is 0.393 e. The Morgan fingerprint density at radius 2 is 1.67 bits per heavy atom. The summed E-state index contributed by atoms with van der Waals surface area (Å²) in [6, 6.07) is 11.3. The molecular formula is C19H19F3N2O3. The van der Waals surface area contributed by atoms with Crippen molar-refractivity contribution in [2.75, 3.05) is 5.32 Å². The van der Waals surface area contributed by atoms with Crippen molar-refractivity contribution in [1.29, 1.82) is 0 Å². The first kappa shape index (κ1) is 20.4. The van der Waals surface area contributed by atoms with Crippen LogP contribution in [0.1, 0.15) is 16.7 Å². The highest BCUT2D eigenvalue weighted by Crippen LogP contribution is 2.22. The van der Waals surface area contributed by atoms with Crippen LogP contribution in [0.3, 0.4) is 0 Å². The number of hydrogen-bond acceptors (Lipinski definition) is 3. The van der Waals surface area contributed by atoms with E-state index in [9.17, 15) is 22.8 Å². The Morgan fingerprint density at radius 3 is 2.26 bits per heavy atom. The molecule has 27 heavy (non-hydrogen) atoms. The predicted octanol–water partition coefficient (Wildman–Crippen LogP) is 2.93. The second kappa shape index (κ2) is 8.68. The molecule has 0 unspecified atom stereocenters. The van der Waals surface area contributed by atoms with Gasteiger partial charge in [-0.1, -0.05) is 36.4 Å². The molecule has 4 N–H and O–H groups in total. The van der Waals surface area contributed by atoms with Gasteiger partial charge >= 0.3 is 12.1 Å². The molecule has 0 aliphatic rings. The molecular weight excluding hydrogens is 361 g/mol. The van der Waals surface area contributed by atoms with E-state index >= 15 is 0 Å². The van der Waals surface area contributed by atoms with E-state index in [1.807, 2.05) is 0 Å². The molecule has 5 nitrogen and oxygen atoms in total. The van der Waals surface area contributed by atoms with Gasteiger partial charge < -0.3 is 16.2 Å². The van der Waals surface area contributed by atoms with Crippen molar-refractivity contribution >= 4 is 17.6 Å². The van der Waals surface area contributed by atoms with E-state index in [4.69, 9.17) is 10.8 Å². The number of benzene rings is 2. The van der Waals surface area contributed by atoms with Crippen LogP contribution >= 0.6 is 0 Å². The summed E-state index contributed by atoms with van der Waals surface area (Å²) >= 11 is 0. The number of halogens is 3. The Kier molecular flexibility index (Phi) is 6.57. The van der Waals surface area contributed by atoms with Crippen molar-refractivity contribution in [3.8, 4) is 0 Å². The average molecular weight is 380 g/mol. The van der Waals surface area contributed by atoms with Crippen molar-refractivity contribution in [2.24, 2.45) is 5.73 Å². The molecule has 144 valence electrons. The van der Waals surface area contributed by atoms with Gasteiger partial charge in [0.1, 0.15) is 6.04 Å². The molecule has 8 heteroatoms. The van der Waals surface area contributed by atoms with E-state index in [0.717, 1.165) is 0 Å². The highest BCUT2D eigenvalue weighted by molar-refractivity contribution is 5.92. The van der Waals surface area contributed by atoms with Gasteiger partial charge in [0.05, 0.1) is 12.8 Å². The molecule has 0 aliphatic carbocycles. The number of anilines is 1. The number of alkyl halides is 3. The number of nitrogens with two attached hydrogens (primary N) is 1. The quantitative estimate of drug-likeness (QED) is 0.689. The number of amides is 1. The van der Waals surface area contributed by atoms with E-state index < -0.39 is 24.6 Å². The maximum absolute atomic E-state index is 12.5. The number of hydrogen-bond donors (Lipinski definition) is 3. The molecule has 0 aliphatic heterocycles. The number of carboxylic acids is 1. The number of rotatable bonds is 7. The van der Waals surface area contributed by atoms with Gasteiger partial charge in [-0.2, -0.15) is 13.2 Å². The molecule has 0 heterocycles. The van der Waals surface area contributed by atoms with Gasteiger partial charge in [0.15, 0.2) is 0 Å². The minimum absolute atomic E-state index is 0.0582. The molecule has 1 amide bonds. The monoisotopic (exact) mass is 380 g/mol. The highest BCUT2D eigenvalue weighted by atomic mass is 19.4. The summed E-state index contributed by atoms with van der Waals surface area (Å²) < 4.78 is 37.4. The summed E-state index contributed by atoms with van der Waals surface area (Å²) in [6.07, 6.45) is -5.24. The second-order valence-corrected chi connectivity index (χ2v) is 6.18. The van der Waals surface area contributed by atoms with Crippen LogP contribution in [0.5, 0.6) is 0 Å². The van der Waals surface area contributed by atoms with E-state index in [1.54, 1.807) is 30.3 Å². The minimum atomic E-state index is -4.30. The Balaban J connectivity index is 1.94. The van der Waals surface area contributed by atoms with Gasteiger partial charge in [-0.3, -0.25) is 9.59 Å². The first-order valence-electron chi connectivity index (χ1n) is 8.14. The molecule has 2 aromatic carbocycles. The van der Waals surface area contributed by atoms with Crippen molar-refractivity contribution < 1.29 is 27.9 Å². The first-order chi connectivity index (χ1) is 12.6. The van der Waals surface area contributed by atoms with Gasteiger partial charge in [-0.15, -0.1) is 0 Å². The third kappa shape index (κ3) is 7.10. The van der Waals surface area contributed by atoms with E-state index in [1.165, 1.54) is 18.2 Å². The second-order valence-electron chi connectivity index (χ2n) is 6.18. The van der Waals surface area contributed by atoms with Crippen LogP contribution in [0.4, 0.5) is 18.9 Å². The van der Waals surface area contributed by atoms with Crippen molar-refractivity contribution in [3.05, 3.63) is 65.2 Å². The Labute approximate surface area is 154 Å². The lowest BCUT2D eigenvalue weighted by molar-refractivity contribution is -0.138. The van der Waals surface area contributed by atoms with Crippen molar-refractivity contribution in [3.63, 3.8) is 0 Å². The zero-order chi connectivity index (χ0) is 20.0. The third-order valence-electron chi connectivity index (χ3n) is 3.77. The van der Waals surface area contributed by atoms with Gasteiger partial charge in [0.2, 0.25) is 5.91 Å². The molecule has 2 aromatic rings. The van der Waals surface area contributed by atoms with E-state index in [-0.39, 0.29) is 24.3 Å². The summed E-state index contributed by atoms with van der Waals surface area (Å²) in [5.41, 5.74) is 7.26. The van der Waals surface area contributed by atoms with Crippen LogP contribution in [0.25, 0.3) is 0 Å². The van der Waals surface area contributed by atoms with Crippen LogP contribution in [0.15, 0.2) is 48.5 Å². The number of aliphatic carboxylic acids is 1. The number of nitrogens with one attached hydrogen (secondary N) is 1. The maximum atomic E-state index is 12.5. The van der Waals surface area contributed by atoms with E-state index in [0.29, 0.717) is 16.8 Å². The molecule has 0 saturated carbocycles. The summed E-state index contributed by atoms with van der Waals surface area (Å²) in [4.78, 5) is 22.8. The first-order valence-corrected chi connectivity index (χ1v) is 8.14. The molecule has 0 saturated heterocycles. The van der Waals surface area contributed by atoms with Crippen LogP contribution in [-0.2, 0) is 28.9 Å². The summed E-state index contributed by atoms with van der Waals surface area (Å²) in [7, 11) is 0. The number of carboxylic acid groups (broad SMARTS) is 1. The summed E-state index contributed by atoms with van der Waals surface area (Å²) in [6.45, 7) is 0. The van der Waals surface area contributed by atoms with Crippen LogP contribution in [0, 0.1) is 0 Å². The topological polar surface area (TPSA) is 92.4 Å². The van der Waals surface area contributed by atoms with Crippen molar-refractivity contribution in [2.45, 2.75) is 31.5 Å². The largest absolute Gasteiger partial charge is 0.480 e. The van der Waals surface area contributed by atoms with Crippen LogP contribution in [0.2, 0.25) is 0 Å². The number of carbonyl (C=O) groups excluding carboxylic acids is 1. The van der Waals surface area contributed by atoms with E-state index in [2.05, 4.69) is 5.32 Å². The zero-order valence-electron chi connectivity index (χ0n) is 14.3. The number of carbonyl (C=O) groups is 2. The highest BCUT2D eigenvalue weighted by Gasteiger charge is 2.27. The lowest BCUT2D eigenvalue weighted by Crippen LogP contribution is -2.32. The third-order valence-corrected chi connectivity index (χ3v) is 3.77. The Morgan fingerprint density at radius 1 is 1.04 bits per heavy atom. The minimum Gasteiger partial charge on any atom is -0.480 e. The lowest BCUT2D eigenvalue weighted by Gasteiger charge is -2.10. The standard InChI is InChI=1S/C19H19F3N2O3/c20-19(21,22)11-14-3-1-2-13(8-14)10-17(25)24-15-6-4-12(5-7-15)9-16(23)18(26)27/h1-8,16H,9-11,23H2,(H,24,25)(H,26,27)/t16-/m0/s1. The fourth-order valence-corrected chi connectivity index (χ4v) is 2.54. The van der Waals surface area contributed by atoms with Gasteiger partial charge in [0.25, 0.3) is 0 Å². The zero-order valence-corrected chi connectivity index (χ0v) is 14.3. The fourth-order valence-electron chi connectivity index (χ4n) is 2.54. The molecule has 0 spiro atoms. The fraction of sp³-hybridized carbons (Fsp3) is 0.263. The lowest BCUT2D eigenvalue weighted by atomic mass is 10.0. The van der Waals surface area contributed by atoms with Crippen LogP contribution in [-0.4, -0.2) is 29.2 Å². The maximum Gasteiger partial charge on any atom is 0.393 e. The molecule has 0 bridgehead atoms. The van der Waals surface area contributed by atoms with Gasteiger partial charge in [-0.25, -0.2) is 0 Å². The SMILES string of the molecule is N[C@@H](Cc1ccc(NC(=O)Cc2cccc(CC(F)(F)F)c2)cc1)C(=O)O. The molecule has 1 atom stereocenters. The Bertz CT molecular complexity index is 805. The van der Waals surface area contributed by atoms with Gasteiger partial charge in [-0.05, 0) is 35.2 Å². The molecule has 2 rings (SSSR count). The predicted molar refractivity (Wildman–Crippen MR) is 94.3 cm³/mol. The average Bonchev–Trinajstić information content (AvgIpc) is 2.55. The molecule has 0 radical (unpaired) electrons. The van der Waals surface area contributed by atoms with Crippen LogP contribution < -0.4 is 11.1 Å². The Hall–Kier alpha value is -2.87. The van der Waals surface area contributed by atoms with Gasteiger partial charge in [0, 0.05) is 5.69 Å². The normalized spacial score (nSPS) is 12.4. The molecule has 0 fully saturated rings. The summed E-state index contributed by atoms with van der Waals surface area (Å²) in [5.74, 6) is -1.46. The summed E-state index contributed by atoms with van der Waals surface area (Å²) in [5, 5.41) is 11.4.